The molecule has 3 rings (SSSR count). The smallest absolute Gasteiger partial charge is 0.144 e. The van der Waals surface area contributed by atoms with E-state index < -0.39 is 11.4 Å². The highest BCUT2D eigenvalue weighted by Crippen LogP contribution is 2.36. The van der Waals surface area contributed by atoms with Crippen LogP contribution < -0.4 is 4.31 Å². The number of hydrogen-bond donors (Lipinski definition) is 0. The molecule has 4 nitrogen and oxygen atoms in total. The molecule has 0 amide bonds. The predicted octanol–water partition coefficient (Wildman–Crippen LogP) is 5.97. The van der Waals surface area contributed by atoms with Gasteiger partial charge in [-0.25, -0.2) is 0 Å². The van der Waals surface area contributed by atoms with Gasteiger partial charge in [-0.1, -0.05) is 28.7 Å². The van der Waals surface area contributed by atoms with Gasteiger partial charge >= 0.3 is 0 Å². The summed E-state index contributed by atoms with van der Waals surface area (Å²) >= 11 is 0.355. The van der Waals surface area contributed by atoms with Crippen molar-refractivity contribution in [2.45, 2.75) is 30.4 Å². The molecule has 6 heteroatoms. The van der Waals surface area contributed by atoms with Gasteiger partial charge in [0.1, 0.15) is 21.9 Å². The summed E-state index contributed by atoms with van der Waals surface area (Å²) in [4.78, 5) is 1.15. The fourth-order valence-corrected chi connectivity index (χ4v) is 3.88. The zero-order valence-corrected chi connectivity index (χ0v) is 18.1. The van der Waals surface area contributed by atoms with Crippen LogP contribution in [0.25, 0.3) is 11.3 Å². The number of furan rings is 1. The lowest BCUT2D eigenvalue weighted by atomic mass is 10.1. The molecule has 1 unspecified atom stereocenters. The molecule has 1 atom stereocenters. The summed E-state index contributed by atoms with van der Waals surface area (Å²) in [5.74, 6) is 0.780. The van der Waals surface area contributed by atoms with E-state index in [0.717, 1.165) is 27.5 Å². The molecular weight excluding hydrogens is 388 g/mol. The van der Waals surface area contributed by atoms with Gasteiger partial charge in [-0.15, -0.1) is 0 Å². The summed E-state index contributed by atoms with van der Waals surface area (Å²) in [7, 11) is 2.03. The Hall–Kier alpha value is -2.15. The first kappa shape index (κ1) is 20.6. The number of anilines is 1. The Balaban J connectivity index is 1.91. The van der Waals surface area contributed by atoms with Crippen LogP contribution in [0.15, 0.2) is 80.6 Å². The molecule has 1 heterocycles. The lowest BCUT2D eigenvalue weighted by molar-refractivity contribution is 0.562. The normalized spacial score (nSPS) is 13.0. The number of nitrogens with zero attached hydrogens (tertiary/aromatic N) is 2. The van der Waals surface area contributed by atoms with Crippen LogP contribution in [0.3, 0.4) is 0 Å². The first-order chi connectivity index (χ1) is 13.3. The van der Waals surface area contributed by atoms with Crippen LogP contribution in [0.2, 0.25) is 0 Å². The van der Waals surface area contributed by atoms with Gasteiger partial charge in [0, 0.05) is 17.5 Å². The van der Waals surface area contributed by atoms with Crippen molar-refractivity contribution in [1.29, 1.82) is 0 Å². The molecule has 0 bridgehead atoms. The topological polar surface area (TPSA) is 51.8 Å². The van der Waals surface area contributed by atoms with Gasteiger partial charge in [-0.2, -0.15) is 0 Å². The van der Waals surface area contributed by atoms with Crippen molar-refractivity contribution < 1.29 is 8.97 Å². The molecule has 0 radical (unpaired) electrons. The van der Waals surface area contributed by atoms with Crippen molar-refractivity contribution in [1.82, 2.24) is 0 Å². The fraction of sp³-hybridized carbons (Fsp3) is 0.227. The molecule has 0 saturated heterocycles. The van der Waals surface area contributed by atoms with Crippen LogP contribution in [0.5, 0.6) is 0 Å². The molecule has 0 N–H and O–H groups in total. The van der Waals surface area contributed by atoms with E-state index in [2.05, 4.69) is 20.8 Å². The van der Waals surface area contributed by atoms with Crippen molar-refractivity contribution in [2.75, 3.05) is 11.4 Å². The molecule has 0 saturated carbocycles. The second-order valence-corrected chi connectivity index (χ2v) is 10.4. The lowest BCUT2D eigenvalue weighted by Crippen LogP contribution is -2.25. The molecule has 146 valence electrons. The van der Waals surface area contributed by atoms with E-state index in [4.69, 9.17) is 4.42 Å². The fourth-order valence-electron chi connectivity index (χ4n) is 2.49. The maximum absolute atomic E-state index is 12.2. The maximum Gasteiger partial charge on any atom is 0.144 e. The highest BCUT2D eigenvalue weighted by molar-refractivity contribution is 8.00. The van der Waals surface area contributed by atoms with E-state index in [-0.39, 0.29) is 4.75 Å². The third-order valence-corrected chi connectivity index (χ3v) is 6.25. The largest absolute Gasteiger partial charge is 0.591 e. The number of benzene rings is 2. The molecule has 1 aromatic heterocycles. The first-order valence-corrected chi connectivity index (χ1v) is 10.8. The summed E-state index contributed by atoms with van der Waals surface area (Å²) in [5, 5.41) is 0. The second-order valence-electron chi connectivity index (χ2n) is 7.25. The Bertz CT molecular complexity index is 919. The Morgan fingerprint density at radius 2 is 1.82 bits per heavy atom. The van der Waals surface area contributed by atoms with Crippen LogP contribution in [-0.4, -0.2) is 22.6 Å². The Morgan fingerprint density at radius 3 is 2.46 bits per heavy atom. The number of hydrogen-bond acceptors (Lipinski definition) is 5. The lowest BCUT2D eigenvalue weighted by Gasteiger charge is -2.21. The third-order valence-electron chi connectivity index (χ3n) is 3.95. The van der Waals surface area contributed by atoms with Crippen LogP contribution in [0.1, 0.15) is 26.3 Å². The van der Waals surface area contributed by atoms with E-state index in [1.54, 1.807) is 24.4 Å². The van der Waals surface area contributed by atoms with Crippen molar-refractivity contribution in [3.63, 3.8) is 0 Å². The standard InChI is InChI=1S/C22H24N2O2S2/c1-22(2,3)28(25)23-16-17-12-13-20(19(15-17)21-11-8-14-26-21)24(4)27-18-9-6-5-7-10-18/h5-16H,1-4H3/b23-16+. The summed E-state index contributed by atoms with van der Waals surface area (Å²) < 4.78 is 23.8. The zero-order chi connectivity index (χ0) is 20.1. The molecule has 3 aromatic rings. The van der Waals surface area contributed by atoms with Gasteiger partial charge in [0.25, 0.3) is 0 Å². The molecule has 28 heavy (non-hydrogen) atoms. The molecule has 0 aliphatic carbocycles. The summed E-state index contributed by atoms with van der Waals surface area (Å²) in [6, 6.07) is 20.1. The molecule has 0 fully saturated rings. The quantitative estimate of drug-likeness (QED) is 0.284. The van der Waals surface area contributed by atoms with Crippen molar-refractivity contribution in [3.05, 3.63) is 72.5 Å². The van der Waals surface area contributed by atoms with Crippen molar-refractivity contribution >= 4 is 35.2 Å². The highest BCUT2D eigenvalue weighted by Gasteiger charge is 2.25. The van der Waals surface area contributed by atoms with E-state index in [9.17, 15) is 4.55 Å². The van der Waals surface area contributed by atoms with Crippen LogP contribution in [0.4, 0.5) is 5.69 Å². The SMILES string of the molecule is CN(Sc1ccccc1)c1ccc(/C=N/[S+]([O-])C(C)(C)C)cc1-c1ccco1. The molecule has 0 aliphatic rings. The number of rotatable bonds is 6. The average Bonchev–Trinajstić information content (AvgIpc) is 3.20. The van der Waals surface area contributed by atoms with Crippen LogP contribution >= 0.6 is 11.9 Å². The maximum atomic E-state index is 12.2. The summed E-state index contributed by atoms with van der Waals surface area (Å²) in [6.45, 7) is 5.73. The van der Waals surface area contributed by atoms with Gasteiger partial charge in [0.2, 0.25) is 0 Å². The predicted molar refractivity (Wildman–Crippen MR) is 120 cm³/mol. The second kappa shape index (κ2) is 8.90. The van der Waals surface area contributed by atoms with Gasteiger partial charge in [0.15, 0.2) is 0 Å². The molecule has 0 spiro atoms. The van der Waals surface area contributed by atoms with Crippen LogP contribution in [0, 0.1) is 0 Å². The zero-order valence-electron chi connectivity index (χ0n) is 16.5. The minimum absolute atomic E-state index is 0.382. The molecule has 0 aliphatic heterocycles. The van der Waals surface area contributed by atoms with E-state index in [0.29, 0.717) is 0 Å². The minimum Gasteiger partial charge on any atom is -0.591 e. The first-order valence-electron chi connectivity index (χ1n) is 8.95. The molecule has 2 aromatic carbocycles. The van der Waals surface area contributed by atoms with Gasteiger partial charge in [0.05, 0.1) is 18.2 Å². The molecular formula is C22H24N2O2S2. The minimum atomic E-state index is -1.29. The van der Waals surface area contributed by atoms with Crippen molar-refractivity contribution in [2.24, 2.45) is 4.40 Å². The van der Waals surface area contributed by atoms with E-state index in [1.165, 1.54) is 0 Å². The summed E-state index contributed by atoms with van der Waals surface area (Å²) in [6.07, 6.45) is 3.33. The van der Waals surface area contributed by atoms with Crippen LogP contribution in [-0.2, 0) is 11.4 Å². The Kier molecular flexibility index (Phi) is 6.54. The van der Waals surface area contributed by atoms with Crippen molar-refractivity contribution in [3.8, 4) is 11.3 Å². The highest BCUT2D eigenvalue weighted by atomic mass is 32.2. The van der Waals surface area contributed by atoms with Gasteiger partial charge in [-0.05, 0) is 74.7 Å². The monoisotopic (exact) mass is 412 g/mol. The Labute approximate surface area is 174 Å². The van der Waals surface area contributed by atoms with Gasteiger partial charge in [-0.3, -0.25) is 0 Å². The van der Waals surface area contributed by atoms with E-state index in [1.807, 2.05) is 76.3 Å². The van der Waals surface area contributed by atoms with E-state index >= 15 is 0 Å². The van der Waals surface area contributed by atoms with Gasteiger partial charge < -0.3 is 13.3 Å². The average molecular weight is 413 g/mol. The third kappa shape index (κ3) is 5.22. The summed E-state index contributed by atoms with van der Waals surface area (Å²) in [5.41, 5.74) is 2.87. The Morgan fingerprint density at radius 1 is 1.07 bits per heavy atom.